The molecular formula is C15H21N3O. The van der Waals surface area contributed by atoms with Gasteiger partial charge in [-0.05, 0) is 31.9 Å². The minimum absolute atomic E-state index is 0.285. The van der Waals surface area contributed by atoms with Gasteiger partial charge in [0.15, 0.2) is 0 Å². The molecule has 0 saturated carbocycles. The molecule has 2 rings (SSSR count). The van der Waals surface area contributed by atoms with Crippen LogP contribution < -0.4 is 5.32 Å². The summed E-state index contributed by atoms with van der Waals surface area (Å²) >= 11 is 0. The van der Waals surface area contributed by atoms with Gasteiger partial charge in [-0.15, -0.1) is 0 Å². The first-order valence-corrected chi connectivity index (χ1v) is 6.81. The van der Waals surface area contributed by atoms with E-state index >= 15 is 0 Å². The van der Waals surface area contributed by atoms with Gasteiger partial charge in [0.05, 0.1) is 0 Å². The van der Waals surface area contributed by atoms with Gasteiger partial charge in [0, 0.05) is 25.7 Å². The van der Waals surface area contributed by atoms with E-state index < -0.39 is 0 Å². The fourth-order valence-electron chi connectivity index (χ4n) is 2.18. The van der Waals surface area contributed by atoms with Crippen LogP contribution in [0, 0.1) is 6.92 Å². The van der Waals surface area contributed by atoms with E-state index in [-0.39, 0.29) is 6.03 Å². The average Bonchev–Trinajstić information content (AvgIpc) is 2.58. The molecule has 19 heavy (non-hydrogen) atoms. The van der Waals surface area contributed by atoms with Crippen molar-refractivity contribution in [2.45, 2.75) is 32.6 Å². The van der Waals surface area contributed by atoms with Gasteiger partial charge >= 0.3 is 6.03 Å². The molecule has 4 heteroatoms. The van der Waals surface area contributed by atoms with Gasteiger partial charge in [-0.3, -0.25) is 0 Å². The second kappa shape index (κ2) is 6.36. The van der Waals surface area contributed by atoms with Crippen molar-refractivity contribution in [2.24, 2.45) is 4.99 Å². The van der Waals surface area contributed by atoms with E-state index in [9.17, 15) is 4.79 Å². The third-order valence-corrected chi connectivity index (χ3v) is 3.37. The lowest BCUT2D eigenvalue weighted by atomic mass is 10.2. The van der Waals surface area contributed by atoms with Gasteiger partial charge in [-0.1, -0.05) is 24.1 Å². The number of nitrogens with one attached hydrogen (secondary N) is 1. The Bertz CT molecular complexity index is 465. The topological polar surface area (TPSA) is 44.7 Å². The van der Waals surface area contributed by atoms with E-state index in [0.717, 1.165) is 30.9 Å². The Morgan fingerprint density at radius 3 is 2.68 bits per heavy atom. The maximum Gasteiger partial charge on any atom is 0.347 e. The molecule has 0 unspecified atom stereocenters. The maximum atomic E-state index is 11.9. The molecule has 2 amide bonds. The van der Waals surface area contributed by atoms with Gasteiger partial charge in [-0.2, -0.15) is 4.99 Å². The standard InChI is InChI=1S/C15H21N3O/c1-12-7-9-13(10-8-12)16-15(19)17-14-6-4-3-5-11-18(14)2/h7-10H,3-6,11H2,1-2H3,(H,16,19)/b17-14-. The first-order valence-electron chi connectivity index (χ1n) is 6.81. The van der Waals surface area contributed by atoms with Crippen molar-refractivity contribution >= 4 is 17.6 Å². The highest BCUT2D eigenvalue weighted by molar-refractivity contribution is 5.99. The van der Waals surface area contributed by atoms with Crippen molar-refractivity contribution in [2.75, 3.05) is 18.9 Å². The van der Waals surface area contributed by atoms with E-state index in [2.05, 4.69) is 15.2 Å². The zero-order chi connectivity index (χ0) is 13.7. The lowest BCUT2D eigenvalue weighted by Gasteiger charge is -2.17. The number of anilines is 1. The van der Waals surface area contributed by atoms with Crippen LogP contribution in [0.5, 0.6) is 0 Å². The Morgan fingerprint density at radius 1 is 1.21 bits per heavy atom. The summed E-state index contributed by atoms with van der Waals surface area (Å²) in [4.78, 5) is 18.2. The molecule has 1 aliphatic heterocycles. The predicted octanol–water partition coefficient (Wildman–Crippen LogP) is 3.43. The van der Waals surface area contributed by atoms with Crippen molar-refractivity contribution in [3.63, 3.8) is 0 Å². The molecule has 1 aliphatic rings. The molecular weight excluding hydrogens is 238 g/mol. The largest absolute Gasteiger partial charge is 0.363 e. The Morgan fingerprint density at radius 2 is 1.95 bits per heavy atom. The van der Waals surface area contributed by atoms with E-state index in [1.165, 1.54) is 18.4 Å². The molecule has 0 bridgehead atoms. The van der Waals surface area contributed by atoms with Crippen LogP contribution in [0.1, 0.15) is 31.2 Å². The van der Waals surface area contributed by atoms with Crippen LogP contribution in [0.2, 0.25) is 0 Å². The molecule has 0 spiro atoms. The molecule has 0 atom stereocenters. The van der Waals surface area contributed by atoms with Gasteiger partial charge in [-0.25, -0.2) is 4.79 Å². The zero-order valence-electron chi connectivity index (χ0n) is 11.6. The molecule has 0 aliphatic carbocycles. The molecule has 1 aromatic carbocycles. The SMILES string of the molecule is Cc1ccc(NC(=O)/N=C2/CCCCCN2C)cc1. The number of carbonyl (C=O) groups is 1. The monoisotopic (exact) mass is 259 g/mol. The maximum absolute atomic E-state index is 11.9. The van der Waals surface area contributed by atoms with Crippen molar-refractivity contribution in [1.82, 2.24) is 4.90 Å². The number of carbonyl (C=O) groups excluding carboxylic acids is 1. The lowest BCUT2D eigenvalue weighted by molar-refractivity contribution is 0.259. The van der Waals surface area contributed by atoms with E-state index in [0.29, 0.717) is 0 Å². The molecule has 1 saturated heterocycles. The summed E-state index contributed by atoms with van der Waals surface area (Å²) in [5.74, 6) is 0.891. The van der Waals surface area contributed by atoms with E-state index in [1.807, 2.05) is 38.2 Å². The van der Waals surface area contributed by atoms with Crippen molar-refractivity contribution in [1.29, 1.82) is 0 Å². The molecule has 1 fully saturated rings. The summed E-state index contributed by atoms with van der Waals surface area (Å²) in [6.07, 6.45) is 4.39. The first-order chi connectivity index (χ1) is 9.15. The van der Waals surface area contributed by atoms with E-state index in [1.54, 1.807) is 0 Å². The number of aliphatic imine (C=N–C) groups is 1. The highest BCUT2D eigenvalue weighted by Gasteiger charge is 2.12. The fraction of sp³-hybridized carbons (Fsp3) is 0.467. The number of amidine groups is 1. The number of rotatable bonds is 1. The number of hydrogen-bond acceptors (Lipinski definition) is 1. The summed E-state index contributed by atoms with van der Waals surface area (Å²) in [5.41, 5.74) is 1.96. The van der Waals surface area contributed by atoms with Crippen LogP contribution in [0.25, 0.3) is 0 Å². The highest BCUT2D eigenvalue weighted by atomic mass is 16.2. The van der Waals surface area contributed by atoms with Crippen molar-refractivity contribution in [3.05, 3.63) is 29.8 Å². The summed E-state index contributed by atoms with van der Waals surface area (Å²) in [6, 6.07) is 7.45. The third kappa shape index (κ3) is 4.09. The third-order valence-electron chi connectivity index (χ3n) is 3.37. The highest BCUT2D eigenvalue weighted by Crippen LogP contribution is 2.12. The van der Waals surface area contributed by atoms with Gasteiger partial charge in [0.25, 0.3) is 0 Å². The normalized spacial score (nSPS) is 18.2. The Hall–Kier alpha value is -1.84. The van der Waals surface area contributed by atoms with Crippen molar-refractivity contribution < 1.29 is 4.79 Å². The zero-order valence-corrected chi connectivity index (χ0v) is 11.6. The van der Waals surface area contributed by atoms with E-state index in [4.69, 9.17) is 0 Å². The Kier molecular flexibility index (Phi) is 4.55. The second-order valence-electron chi connectivity index (χ2n) is 5.06. The number of likely N-dealkylation sites (tertiary alicyclic amines) is 1. The molecule has 1 N–H and O–H groups in total. The predicted molar refractivity (Wildman–Crippen MR) is 78.7 cm³/mol. The fourth-order valence-corrected chi connectivity index (χ4v) is 2.18. The number of nitrogens with zero attached hydrogens (tertiary/aromatic N) is 2. The first kappa shape index (κ1) is 13.6. The minimum atomic E-state index is -0.285. The number of aryl methyl sites for hydroxylation is 1. The number of urea groups is 1. The van der Waals surface area contributed by atoms with Crippen LogP contribution in [-0.4, -0.2) is 30.4 Å². The molecule has 1 aromatic rings. The molecule has 1 heterocycles. The lowest BCUT2D eigenvalue weighted by Crippen LogP contribution is -2.27. The van der Waals surface area contributed by atoms with Gasteiger partial charge in [0.1, 0.15) is 5.84 Å². The van der Waals surface area contributed by atoms with Crippen LogP contribution in [0.4, 0.5) is 10.5 Å². The summed E-state index contributed by atoms with van der Waals surface area (Å²) in [7, 11) is 2.00. The average molecular weight is 259 g/mol. The summed E-state index contributed by atoms with van der Waals surface area (Å²) < 4.78 is 0. The summed E-state index contributed by atoms with van der Waals surface area (Å²) in [5, 5.41) is 2.80. The molecule has 0 radical (unpaired) electrons. The number of amides is 2. The minimum Gasteiger partial charge on any atom is -0.363 e. The second-order valence-corrected chi connectivity index (χ2v) is 5.06. The molecule has 0 aromatic heterocycles. The van der Waals surface area contributed by atoms with Crippen LogP contribution in [-0.2, 0) is 0 Å². The summed E-state index contributed by atoms with van der Waals surface area (Å²) in [6.45, 7) is 3.00. The van der Waals surface area contributed by atoms with Crippen LogP contribution in [0.3, 0.4) is 0 Å². The van der Waals surface area contributed by atoms with Crippen molar-refractivity contribution in [3.8, 4) is 0 Å². The molecule has 102 valence electrons. The van der Waals surface area contributed by atoms with Crippen LogP contribution >= 0.6 is 0 Å². The number of benzene rings is 1. The Balaban J connectivity index is 2.01. The van der Waals surface area contributed by atoms with Crippen LogP contribution in [0.15, 0.2) is 29.3 Å². The number of hydrogen-bond donors (Lipinski definition) is 1. The van der Waals surface area contributed by atoms with Gasteiger partial charge < -0.3 is 10.2 Å². The smallest absolute Gasteiger partial charge is 0.347 e. The Labute approximate surface area is 114 Å². The quantitative estimate of drug-likeness (QED) is 0.839. The van der Waals surface area contributed by atoms with Gasteiger partial charge in [0.2, 0.25) is 0 Å². The molecule has 4 nitrogen and oxygen atoms in total.